The number of benzene rings is 12. The van der Waals surface area contributed by atoms with Crippen LogP contribution in [0.3, 0.4) is 0 Å². The van der Waals surface area contributed by atoms with E-state index in [2.05, 4.69) is 291 Å². The Bertz CT molecular complexity index is 3730. The second-order valence-electron chi connectivity index (χ2n) is 22.2. The van der Waals surface area contributed by atoms with Gasteiger partial charge < -0.3 is 25.7 Å². The summed E-state index contributed by atoms with van der Waals surface area (Å²) in [5.41, 5.74) is 12.9. The summed E-state index contributed by atoms with van der Waals surface area (Å²) in [6, 6.07) is 113. The Labute approximate surface area is 626 Å². The molecule has 14 rings (SSSR count). The maximum Gasteiger partial charge on any atom is 1.00 e. The fourth-order valence-corrected chi connectivity index (χ4v) is 24.5. The van der Waals surface area contributed by atoms with Crippen molar-refractivity contribution in [2.24, 2.45) is 0 Å². The number of hydrogen-bond acceptors (Lipinski definition) is 0. The summed E-state index contributed by atoms with van der Waals surface area (Å²) >= 11 is 0. The largest absolute Gasteiger partial charge is 1.00 e. The molecule has 0 N–H and O–H groups in total. The van der Waals surface area contributed by atoms with Gasteiger partial charge in [-0.25, -0.2) is 0 Å². The zero-order valence-corrected chi connectivity index (χ0v) is 64.1. The predicted molar refractivity (Wildman–Crippen MR) is 396 cm³/mol. The van der Waals surface area contributed by atoms with Gasteiger partial charge in [0.1, 0.15) is 24.6 Å². The van der Waals surface area contributed by atoms with Crippen LogP contribution in [-0.4, -0.2) is 24.6 Å². The third-order valence-electron chi connectivity index (χ3n) is 16.6. The zero-order valence-electron chi connectivity index (χ0n) is 51.5. The van der Waals surface area contributed by atoms with Crippen LogP contribution in [0, 0.1) is 49.4 Å². The molecule has 0 saturated heterocycles. The SMILES string of the molecule is [Au+].[Au+].[Au+].[Au+].[C-]#Cc1ccc2c(c1)-c1cc(C#[C-])ccc1C2.[C-]#Cc1ccc2c(c1)-c1cc(C#[C-])ccc1C2.c1ccc([PH+](CC[PH+](c2ccccc2)c2ccccc2)c2ccccc2)cc1.c1ccc([PH+](CC[PH+](c2ccccc2)c2ccccc2)c2ccccc2)cc1. The molecule has 0 amide bonds. The van der Waals surface area contributed by atoms with Crippen LogP contribution >= 0.6 is 31.7 Å². The first-order valence-electron chi connectivity index (χ1n) is 30.6. The van der Waals surface area contributed by atoms with E-state index in [0.29, 0.717) is 0 Å². The molecule has 472 valence electrons. The van der Waals surface area contributed by atoms with Gasteiger partial charge in [-0.1, -0.05) is 170 Å². The predicted octanol–water partition coefficient (Wildman–Crippen LogP) is 15.7. The molecule has 0 fully saturated rings. The van der Waals surface area contributed by atoms with E-state index < -0.39 is 31.7 Å². The van der Waals surface area contributed by atoms with Gasteiger partial charge >= 0.3 is 89.5 Å². The van der Waals surface area contributed by atoms with Crippen LogP contribution < -0.4 is 42.4 Å². The molecule has 12 aromatic carbocycles. The van der Waals surface area contributed by atoms with Crippen molar-refractivity contribution >= 4 is 74.1 Å². The van der Waals surface area contributed by atoms with Crippen molar-refractivity contribution in [3.63, 3.8) is 0 Å². The van der Waals surface area contributed by atoms with Gasteiger partial charge in [0.15, 0.2) is 0 Å². The second kappa shape index (κ2) is 38.9. The molecular weight excluding hydrogens is 1940 g/mol. The van der Waals surface area contributed by atoms with Crippen molar-refractivity contribution in [3.8, 4) is 45.9 Å². The maximum absolute atomic E-state index is 7.18. The topological polar surface area (TPSA) is 0 Å². The van der Waals surface area contributed by atoms with Crippen molar-refractivity contribution in [1.82, 2.24) is 0 Å². The minimum atomic E-state index is -0.783. The normalized spacial score (nSPS) is 10.6. The van der Waals surface area contributed by atoms with Gasteiger partial charge in [-0.05, 0) is 154 Å². The average molecular weight is 2010 g/mol. The molecule has 2 aliphatic carbocycles. The molecule has 0 saturated carbocycles. The Kier molecular flexibility index (Phi) is 31.1. The molecule has 0 bridgehead atoms. The van der Waals surface area contributed by atoms with E-state index in [1.165, 1.54) is 89.3 Å². The summed E-state index contributed by atoms with van der Waals surface area (Å²) in [4.78, 5) is 0. The summed E-state index contributed by atoms with van der Waals surface area (Å²) in [7, 11) is -3.13. The molecule has 94 heavy (non-hydrogen) atoms. The van der Waals surface area contributed by atoms with Crippen molar-refractivity contribution in [1.29, 1.82) is 0 Å². The molecular formula is C86H68Au4P4+4. The monoisotopic (exact) mass is 2010 g/mol. The van der Waals surface area contributed by atoms with E-state index in [0.717, 1.165) is 57.3 Å². The molecule has 2 aliphatic rings. The summed E-state index contributed by atoms with van der Waals surface area (Å²) < 4.78 is 0. The van der Waals surface area contributed by atoms with Crippen LogP contribution in [0.15, 0.2) is 315 Å². The molecule has 8 heteroatoms. The fourth-order valence-electron chi connectivity index (χ4n) is 12.1. The molecule has 0 spiro atoms. The van der Waals surface area contributed by atoms with Crippen LogP contribution in [0.1, 0.15) is 44.5 Å². The minimum absolute atomic E-state index is 0. The number of fused-ring (bicyclic) bond motifs is 6. The van der Waals surface area contributed by atoms with Crippen molar-refractivity contribution < 1.29 is 89.5 Å². The van der Waals surface area contributed by atoms with Crippen LogP contribution in [0.25, 0.3) is 22.3 Å². The maximum atomic E-state index is 7.18. The smallest absolute Gasteiger partial charge is 0.366 e. The van der Waals surface area contributed by atoms with Gasteiger partial charge in [0.2, 0.25) is 0 Å². The standard InChI is InChI=1S/2C26H24P2.2C17H8.4Au/c2*1-5-13-23(14-6-1)27(24-15-7-2-8-16-24)21-22-28(25-17-9-3-10-18-25)26-19-11-4-12-20-26;2*1-3-12-5-7-14-11-15-8-6-13(4-2)10-17(15)16(14)9-12;;;;/h2*1-20H,21-22H2;2*5-10H,11H2;;;;/q;;2*-2;4*+1/p+4. The average Bonchev–Trinajstić information content (AvgIpc) is 1.64. The first-order valence-corrected chi connectivity index (χ1v) is 37.4. The quantitative estimate of drug-likeness (QED) is 0.0441. The van der Waals surface area contributed by atoms with Crippen molar-refractivity contribution in [2.45, 2.75) is 12.8 Å². The van der Waals surface area contributed by atoms with E-state index in [1.54, 1.807) is 0 Å². The van der Waals surface area contributed by atoms with Crippen LogP contribution in [-0.2, 0) is 102 Å². The third kappa shape index (κ3) is 19.8. The van der Waals surface area contributed by atoms with E-state index >= 15 is 0 Å². The van der Waals surface area contributed by atoms with Crippen LogP contribution in [0.5, 0.6) is 0 Å². The molecule has 0 unspecified atom stereocenters. The summed E-state index contributed by atoms with van der Waals surface area (Å²) in [5, 5.41) is 12.1. The Morgan fingerprint density at radius 2 is 0.362 bits per heavy atom. The molecule has 0 aliphatic heterocycles. The molecule has 0 aromatic heterocycles. The molecule has 0 nitrogen and oxygen atoms in total. The van der Waals surface area contributed by atoms with Crippen LogP contribution in [0.4, 0.5) is 0 Å². The fraction of sp³-hybridized carbons (Fsp3) is 0.0698. The van der Waals surface area contributed by atoms with Gasteiger partial charge in [0.25, 0.3) is 0 Å². The van der Waals surface area contributed by atoms with Gasteiger partial charge in [0.05, 0.1) is 74.1 Å². The summed E-state index contributed by atoms with van der Waals surface area (Å²) in [6.45, 7) is 0. The van der Waals surface area contributed by atoms with E-state index in [1.807, 2.05) is 48.5 Å². The van der Waals surface area contributed by atoms with E-state index in [4.69, 9.17) is 25.7 Å². The third-order valence-corrected chi connectivity index (χ3v) is 28.8. The van der Waals surface area contributed by atoms with E-state index in [-0.39, 0.29) is 89.5 Å². The second-order valence-corrected chi connectivity index (χ2v) is 32.6. The van der Waals surface area contributed by atoms with Crippen molar-refractivity contribution in [2.75, 3.05) is 24.6 Å². The molecule has 12 aromatic rings. The Balaban J connectivity index is 0.000000179. The minimum Gasteiger partial charge on any atom is -0.366 e. The number of rotatable bonds is 14. The summed E-state index contributed by atoms with van der Waals surface area (Å²) in [6.07, 6.45) is 35.6. The molecule has 0 radical (unpaired) electrons. The van der Waals surface area contributed by atoms with Crippen molar-refractivity contribution in [3.05, 3.63) is 386 Å². The van der Waals surface area contributed by atoms with Gasteiger partial charge in [0, 0.05) is 0 Å². The number of hydrogen-bond donors (Lipinski definition) is 0. The van der Waals surface area contributed by atoms with Gasteiger partial charge in [-0.2, -0.15) is 0 Å². The van der Waals surface area contributed by atoms with E-state index in [9.17, 15) is 0 Å². The molecule has 0 atom stereocenters. The summed E-state index contributed by atoms with van der Waals surface area (Å²) in [5.74, 6) is 9.65. The Morgan fingerprint density at radius 1 is 0.213 bits per heavy atom. The van der Waals surface area contributed by atoms with Gasteiger partial charge in [-0.15, -0.1) is 70.8 Å². The zero-order chi connectivity index (χ0) is 61.7. The molecule has 0 heterocycles. The first kappa shape index (κ1) is 74.9. The van der Waals surface area contributed by atoms with Crippen LogP contribution in [0.2, 0.25) is 0 Å². The first-order chi connectivity index (χ1) is 44.5. The van der Waals surface area contributed by atoms with Gasteiger partial charge in [-0.3, -0.25) is 23.7 Å². The Hall–Kier alpha value is -6.44. The Morgan fingerprint density at radius 3 is 0.500 bits per heavy atom.